The summed E-state index contributed by atoms with van der Waals surface area (Å²) >= 11 is 0. The second-order valence-corrected chi connectivity index (χ2v) is 5.25. The Balaban J connectivity index is 1.83. The number of rotatable bonds is 9. The second kappa shape index (κ2) is 9.86. The standard InChI is InChI=1S/C14H29NO2/c1-13(12-16-2)11-15-9-6-10-17-14-7-4-3-5-8-14/h13-15H,3-12H2,1-2H3. The average molecular weight is 243 g/mol. The number of nitrogens with one attached hydrogen (secondary N) is 1. The van der Waals surface area contributed by atoms with Gasteiger partial charge < -0.3 is 14.8 Å². The molecule has 1 unspecified atom stereocenters. The van der Waals surface area contributed by atoms with Gasteiger partial charge in [0.15, 0.2) is 0 Å². The van der Waals surface area contributed by atoms with E-state index in [9.17, 15) is 0 Å². The van der Waals surface area contributed by atoms with Crippen molar-refractivity contribution >= 4 is 0 Å². The fraction of sp³-hybridized carbons (Fsp3) is 1.00. The van der Waals surface area contributed by atoms with Gasteiger partial charge >= 0.3 is 0 Å². The molecule has 1 saturated carbocycles. The Hall–Kier alpha value is -0.120. The van der Waals surface area contributed by atoms with Crippen molar-refractivity contribution in [2.45, 2.75) is 51.6 Å². The summed E-state index contributed by atoms with van der Waals surface area (Å²) in [4.78, 5) is 0. The predicted octanol–water partition coefficient (Wildman–Crippen LogP) is 2.60. The number of hydrogen-bond donors (Lipinski definition) is 1. The van der Waals surface area contributed by atoms with Gasteiger partial charge in [-0.2, -0.15) is 0 Å². The minimum Gasteiger partial charge on any atom is -0.384 e. The molecule has 0 bridgehead atoms. The summed E-state index contributed by atoms with van der Waals surface area (Å²) in [6, 6.07) is 0. The van der Waals surface area contributed by atoms with Crippen LogP contribution in [0.5, 0.6) is 0 Å². The first kappa shape index (κ1) is 14.9. The zero-order valence-electron chi connectivity index (χ0n) is 11.5. The first-order valence-corrected chi connectivity index (χ1v) is 7.14. The molecule has 102 valence electrons. The summed E-state index contributed by atoms with van der Waals surface area (Å²) in [5, 5.41) is 3.45. The van der Waals surface area contributed by atoms with E-state index >= 15 is 0 Å². The maximum atomic E-state index is 5.87. The fourth-order valence-corrected chi connectivity index (χ4v) is 2.37. The van der Waals surface area contributed by atoms with Gasteiger partial charge in [-0.05, 0) is 38.3 Å². The molecule has 0 aliphatic heterocycles. The van der Waals surface area contributed by atoms with Gasteiger partial charge in [0.05, 0.1) is 6.10 Å². The summed E-state index contributed by atoms with van der Waals surface area (Å²) in [5.74, 6) is 0.597. The van der Waals surface area contributed by atoms with Gasteiger partial charge in [-0.15, -0.1) is 0 Å². The fourth-order valence-electron chi connectivity index (χ4n) is 2.37. The second-order valence-electron chi connectivity index (χ2n) is 5.25. The molecular weight excluding hydrogens is 214 g/mol. The smallest absolute Gasteiger partial charge is 0.0575 e. The van der Waals surface area contributed by atoms with Gasteiger partial charge in [0.1, 0.15) is 0 Å². The van der Waals surface area contributed by atoms with Gasteiger partial charge in [0.2, 0.25) is 0 Å². The molecule has 0 aromatic carbocycles. The maximum Gasteiger partial charge on any atom is 0.0575 e. The molecule has 0 spiro atoms. The summed E-state index contributed by atoms with van der Waals surface area (Å²) in [6.07, 6.45) is 8.34. The lowest BCUT2D eigenvalue weighted by molar-refractivity contribution is 0.0272. The molecule has 1 N–H and O–H groups in total. The van der Waals surface area contributed by atoms with Gasteiger partial charge in [-0.25, -0.2) is 0 Å². The molecular formula is C14H29NO2. The Morgan fingerprint density at radius 1 is 1.24 bits per heavy atom. The Kier molecular flexibility index (Phi) is 8.67. The summed E-state index contributed by atoms with van der Waals surface area (Å²) in [5.41, 5.74) is 0. The van der Waals surface area contributed by atoms with Crippen molar-refractivity contribution in [1.29, 1.82) is 0 Å². The van der Waals surface area contributed by atoms with Crippen molar-refractivity contribution in [3.8, 4) is 0 Å². The zero-order valence-corrected chi connectivity index (χ0v) is 11.5. The van der Waals surface area contributed by atoms with E-state index in [1.54, 1.807) is 7.11 Å². The number of methoxy groups -OCH3 is 1. The summed E-state index contributed by atoms with van der Waals surface area (Å²) in [7, 11) is 1.76. The molecule has 0 amide bonds. The molecule has 17 heavy (non-hydrogen) atoms. The van der Waals surface area contributed by atoms with Crippen molar-refractivity contribution in [2.24, 2.45) is 5.92 Å². The van der Waals surface area contributed by atoms with Gasteiger partial charge in [0, 0.05) is 20.3 Å². The van der Waals surface area contributed by atoms with Crippen LogP contribution >= 0.6 is 0 Å². The third kappa shape index (κ3) is 7.74. The highest BCUT2D eigenvalue weighted by Gasteiger charge is 2.12. The highest BCUT2D eigenvalue weighted by molar-refractivity contribution is 4.65. The van der Waals surface area contributed by atoms with E-state index < -0.39 is 0 Å². The average Bonchev–Trinajstić information content (AvgIpc) is 2.35. The van der Waals surface area contributed by atoms with Crippen LogP contribution in [-0.2, 0) is 9.47 Å². The highest BCUT2D eigenvalue weighted by Crippen LogP contribution is 2.20. The van der Waals surface area contributed by atoms with Crippen LogP contribution < -0.4 is 5.32 Å². The number of ether oxygens (including phenoxy) is 2. The lowest BCUT2D eigenvalue weighted by atomic mass is 9.98. The Morgan fingerprint density at radius 3 is 2.71 bits per heavy atom. The SMILES string of the molecule is COCC(C)CNCCCOC1CCCCC1. The van der Waals surface area contributed by atoms with Crippen LogP contribution in [0.2, 0.25) is 0 Å². The van der Waals surface area contributed by atoms with Crippen molar-refractivity contribution in [2.75, 3.05) is 33.4 Å². The predicted molar refractivity (Wildman–Crippen MR) is 71.4 cm³/mol. The molecule has 0 saturated heterocycles. The van der Waals surface area contributed by atoms with E-state index in [2.05, 4.69) is 12.2 Å². The molecule has 0 heterocycles. The lowest BCUT2D eigenvalue weighted by Crippen LogP contribution is -2.26. The van der Waals surface area contributed by atoms with E-state index in [1.165, 1.54) is 32.1 Å². The molecule has 3 heteroatoms. The Morgan fingerprint density at radius 2 is 2.00 bits per heavy atom. The topological polar surface area (TPSA) is 30.5 Å². The van der Waals surface area contributed by atoms with Crippen molar-refractivity contribution in [3.05, 3.63) is 0 Å². The van der Waals surface area contributed by atoms with Crippen LogP contribution in [0.15, 0.2) is 0 Å². The molecule has 1 atom stereocenters. The third-order valence-electron chi connectivity index (χ3n) is 3.35. The monoisotopic (exact) mass is 243 g/mol. The van der Waals surface area contributed by atoms with E-state index in [0.717, 1.165) is 32.7 Å². The maximum absolute atomic E-state index is 5.87. The zero-order chi connectivity index (χ0) is 12.3. The van der Waals surface area contributed by atoms with Crippen molar-refractivity contribution < 1.29 is 9.47 Å². The van der Waals surface area contributed by atoms with E-state index in [4.69, 9.17) is 9.47 Å². The molecule has 1 fully saturated rings. The minimum absolute atomic E-state index is 0.552. The first-order valence-electron chi connectivity index (χ1n) is 7.14. The molecule has 1 aliphatic carbocycles. The normalized spacial score (nSPS) is 19.4. The molecule has 3 nitrogen and oxygen atoms in total. The van der Waals surface area contributed by atoms with E-state index in [-0.39, 0.29) is 0 Å². The highest BCUT2D eigenvalue weighted by atomic mass is 16.5. The van der Waals surface area contributed by atoms with Crippen LogP contribution in [0.1, 0.15) is 45.4 Å². The summed E-state index contributed by atoms with van der Waals surface area (Å²) < 4.78 is 11.0. The molecule has 0 radical (unpaired) electrons. The van der Waals surface area contributed by atoms with E-state index in [1.807, 2.05) is 0 Å². The van der Waals surface area contributed by atoms with Crippen molar-refractivity contribution in [3.63, 3.8) is 0 Å². The molecule has 0 aromatic rings. The van der Waals surface area contributed by atoms with Crippen LogP contribution in [0.3, 0.4) is 0 Å². The van der Waals surface area contributed by atoms with Crippen LogP contribution in [0.25, 0.3) is 0 Å². The van der Waals surface area contributed by atoms with Crippen molar-refractivity contribution in [1.82, 2.24) is 5.32 Å². The van der Waals surface area contributed by atoms with Gasteiger partial charge in [0.25, 0.3) is 0 Å². The van der Waals surface area contributed by atoms with Crippen LogP contribution in [0.4, 0.5) is 0 Å². The molecule has 0 aromatic heterocycles. The lowest BCUT2D eigenvalue weighted by Gasteiger charge is -2.22. The molecule has 1 rings (SSSR count). The quantitative estimate of drug-likeness (QED) is 0.631. The van der Waals surface area contributed by atoms with Crippen LogP contribution in [0, 0.1) is 5.92 Å². The first-order chi connectivity index (χ1) is 8.33. The third-order valence-corrected chi connectivity index (χ3v) is 3.35. The Labute approximate surface area is 106 Å². The van der Waals surface area contributed by atoms with Gasteiger partial charge in [-0.1, -0.05) is 26.2 Å². The minimum atomic E-state index is 0.552. The van der Waals surface area contributed by atoms with E-state index in [0.29, 0.717) is 12.0 Å². The van der Waals surface area contributed by atoms with Crippen LogP contribution in [-0.4, -0.2) is 39.5 Å². The molecule has 1 aliphatic rings. The number of hydrogen-bond acceptors (Lipinski definition) is 3. The largest absolute Gasteiger partial charge is 0.384 e. The summed E-state index contributed by atoms with van der Waals surface area (Å²) in [6.45, 7) is 6.05. The Bertz CT molecular complexity index is 170. The van der Waals surface area contributed by atoms with Gasteiger partial charge in [-0.3, -0.25) is 0 Å².